The summed E-state index contributed by atoms with van der Waals surface area (Å²) in [5.41, 5.74) is 1.11. The first-order valence-corrected chi connectivity index (χ1v) is 7.94. The van der Waals surface area contributed by atoms with Crippen molar-refractivity contribution >= 4 is 15.9 Å². The Kier molecular flexibility index (Phi) is 4.61. The zero-order valence-electron chi connectivity index (χ0n) is 11.4. The zero-order valence-corrected chi connectivity index (χ0v) is 13.0. The predicted octanol–water partition coefficient (Wildman–Crippen LogP) is 2.53. The minimum absolute atomic E-state index is 0.183. The molecule has 0 spiro atoms. The van der Waals surface area contributed by atoms with Crippen LogP contribution in [0.1, 0.15) is 18.4 Å². The fourth-order valence-electron chi connectivity index (χ4n) is 2.92. The monoisotopic (exact) mass is 341 g/mol. The lowest BCUT2D eigenvalue weighted by Gasteiger charge is -2.35. The Morgan fingerprint density at radius 2 is 2.10 bits per heavy atom. The summed E-state index contributed by atoms with van der Waals surface area (Å²) >= 11 is 3.54. The van der Waals surface area contributed by atoms with E-state index in [1.54, 1.807) is 6.07 Å². The molecule has 5 heteroatoms. The van der Waals surface area contributed by atoms with Gasteiger partial charge in [-0.1, -0.05) is 15.9 Å². The lowest BCUT2D eigenvalue weighted by molar-refractivity contribution is -0.0960. The Hall–Kier alpha value is -0.620. The van der Waals surface area contributed by atoms with E-state index in [2.05, 4.69) is 20.8 Å². The molecular formula is C15H20BrNO3. The van der Waals surface area contributed by atoms with Crippen molar-refractivity contribution in [3.05, 3.63) is 28.2 Å². The number of aromatic hydroxyl groups is 1. The lowest BCUT2D eigenvalue weighted by Crippen LogP contribution is -2.47. The van der Waals surface area contributed by atoms with Crippen LogP contribution in [0.5, 0.6) is 5.75 Å². The van der Waals surface area contributed by atoms with Crippen molar-refractivity contribution in [2.45, 2.75) is 31.6 Å². The van der Waals surface area contributed by atoms with E-state index in [1.807, 2.05) is 12.1 Å². The molecule has 2 aliphatic rings. The quantitative estimate of drug-likeness (QED) is 0.917. The van der Waals surface area contributed by atoms with Gasteiger partial charge >= 0.3 is 0 Å². The van der Waals surface area contributed by atoms with Gasteiger partial charge in [-0.05, 0) is 36.6 Å². The number of phenolic OH excluding ortho intramolecular Hbond substituents is 1. The number of halogens is 1. The van der Waals surface area contributed by atoms with E-state index in [9.17, 15) is 5.11 Å². The maximum absolute atomic E-state index is 9.61. The molecule has 3 rings (SSSR count). The highest BCUT2D eigenvalue weighted by Gasteiger charge is 2.31. The smallest absolute Gasteiger partial charge is 0.115 e. The second-order valence-corrected chi connectivity index (χ2v) is 6.33. The molecule has 0 aromatic heterocycles. The molecule has 2 heterocycles. The van der Waals surface area contributed by atoms with Gasteiger partial charge in [0.2, 0.25) is 0 Å². The van der Waals surface area contributed by atoms with Crippen LogP contribution in [-0.4, -0.2) is 48.5 Å². The van der Waals surface area contributed by atoms with Crippen molar-refractivity contribution in [3.63, 3.8) is 0 Å². The molecule has 0 amide bonds. The summed E-state index contributed by atoms with van der Waals surface area (Å²) in [5, 5.41) is 9.61. The molecule has 0 radical (unpaired) electrons. The fraction of sp³-hybridized carbons (Fsp3) is 0.600. The molecule has 0 saturated carbocycles. The molecule has 2 saturated heterocycles. The van der Waals surface area contributed by atoms with Crippen molar-refractivity contribution in [2.75, 3.05) is 26.3 Å². The molecule has 1 aromatic rings. The molecule has 0 bridgehead atoms. The van der Waals surface area contributed by atoms with Gasteiger partial charge in [0.15, 0.2) is 0 Å². The highest BCUT2D eigenvalue weighted by molar-refractivity contribution is 9.10. The number of nitrogens with zero attached hydrogens (tertiary/aromatic N) is 1. The van der Waals surface area contributed by atoms with Crippen molar-refractivity contribution in [1.29, 1.82) is 0 Å². The molecule has 110 valence electrons. The van der Waals surface area contributed by atoms with Gasteiger partial charge in [-0.15, -0.1) is 0 Å². The van der Waals surface area contributed by atoms with Crippen molar-refractivity contribution < 1.29 is 14.6 Å². The maximum Gasteiger partial charge on any atom is 0.115 e. The van der Waals surface area contributed by atoms with Gasteiger partial charge in [0, 0.05) is 30.7 Å². The zero-order chi connectivity index (χ0) is 13.9. The molecule has 0 aliphatic carbocycles. The van der Waals surface area contributed by atoms with E-state index < -0.39 is 0 Å². The van der Waals surface area contributed by atoms with Gasteiger partial charge in [-0.2, -0.15) is 0 Å². The molecular weight excluding hydrogens is 322 g/mol. The normalized spacial score (nSPS) is 27.9. The summed E-state index contributed by atoms with van der Waals surface area (Å²) in [6.45, 7) is 4.25. The minimum Gasteiger partial charge on any atom is -0.508 e. The second-order valence-electron chi connectivity index (χ2n) is 5.47. The average molecular weight is 342 g/mol. The highest BCUT2D eigenvalue weighted by atomic mass is 79.9. The number of benzene rings is 1. The van der Waals surface area contributed by atoms with E-state index in [1.165, 1.54) is 0 Å². The number of rotatable bonds is 3. The SMILES string of the molecule is Oc1ccc(Br)c(CN2CCO[C@H]([C@@H]3CCCO3)C2)c1. The van der Waals surface area contributed by atoms with E-state index in [0.29, 0.717) is 5.75 Å². The number of ether oxygens (including phenoxy) is 2. The largest absolute Gasteiger partial charge is 0.508 e. The first-order valence-electron chi connectivity index (χ1n) is 7.15. The standard InChI is InChI=1S/C15H20BrNO3/c16-13-4-3-12(18)8-11(13)9-17-5-7-20-15(10-17)14-2-1-6-19-14/h3-4,8,14-15,18H,1-2,5-7,9-10H2/t14-,15-/m0/s1. The third-order valence-corrected chi connectivity index (χ3v) is 4.75. The molecule has 2 fully saturated rings. The number of hydrogen-bond acceptors (Lipinski definition) is 4. The summed E-state index contributed by atoms with van der Waals surface area (Å²) in [6.07, 6.45) is 2.68. The number of phenols is 1. The Bertz CT molecular complexity index is 462. The number of morpholine rings is 1. The topological polar surface area (TPSA) is 41.9 Å². The van der Waals surface area contributed by atoms with Crippen molar-refractivity contribution in [1.82, 2.24) is 4.90 Å². The molecule has 2 aliphatic heterocycles. The molecule has 1 aromatic carbocycles. The predicted molar refractivity (Wildman–Crippen MR) is 79.8 cm³/mol. The molecule has 4 nitrogen and oxygen atoms in total. The summed E-state index contributed by atoms with van der Waals surface area (Å²) < 4.78 is 12.6. The van der Waals surface area contributed by atoms with Crippen LogP contribution < -0.4 is 0 Å². The van der Waals surface area contributed by atoms with Crippen LogP contribution in [-0.2, 0) is 16.0 Å². The maximum atomic E-state index is 9.61. The highest BCUT2D eigenvalue weighted by Crippen LogP contribution is 2.25. The Balaban J connectivity index is 1.63. The Morgan fingerprint density at radius 3 is 2.90 bits per heavy atom. The van der Waals surface area contributed by atoms with Crippen LogP contribution in [0, 0.1) is 0 Å². The first kappa shape index (κ1) is 14.3. The van der Waals surface area contributed by atoms with Crippen LogP contribution >= 0.6 is 15.9 Å². The third-order valence-electron chi connectivity index (χ3n) is 3.98. The van der Waals surface area contributed by atoms with Crippen LogP contribution in [0.3, 0.4) is 0 Å². The number of hydrogen-bond donors (Lipinski definition) is 1. The van der Waals surface area contributed by atoms with E-state index in [-0.39, 0.29) is 12.2 Å². The minimum atomic E-state index is 0.183. The fourth-order valence-corrected chi connectivity index (χ4v) is 3.29. The molecule has 1 N–H and O–H groups in total. The average Bonchev–Trinajstić information content (AvgIpc) is 2.97. The van der Waals surface area contributed by atoms with E-state index >= 15 is 0 Å². The summed E-state index contributed by atoms with van der Waals surface area (Å²) in [4.78, 5) is 2.37. The van der Waals surface area contributed by atoms with E-state index in [0.717, 1.165) is 55.7 Å². The molecule has 2 atom stereocenters. The van der Waals surface area contributed by atoms with Gasteiger partial charge in [-0.3, -0.25) is 4.90 Å². The van der Waals surface area contributed by atoms with Gasteiger partial charge in [-0.25, -0.2) is 0 Å². The van der Waals surface area contributed by atoms with Crippen LogP contribution in [0.15, 0.2) is 22.7 Å². The van der Waals surface area contributed by atoms with Crippen LogP contribution in [0.4, 0.5) is 0 Å². The van der Waals surface area contributed by atoms with Gasteiger partial charge in [0.05, 0.1) is 18.8 Å². The second kappa shape index (κ2) is 6.43. The Morgan fingerprint density at radius 1 is 1.25 bits per heavy atom. The third kappa shape index (κ3) is 3.34. The van der Waals surface area contributed by atoms with Crippen molar-refractivity contribution in [3.8, 4) is 5.75 Å². The van der Waals surface area contributed by atoms with Crippen LogP contribution in [0.25, 0.3) is 0 Å². The van der Waals surface area contributed by atoms with E-state index in [4.69, 9.17) is 9.47 Å². The Labute approximate surface area is 127 Å². The van der Waals surface area contributed by atoms with Crippen LogP contribution in [0.2, 0.25) is 0 Å². The summed E-state index contributed by atoms with van der Waals surface area (Å²) in [5.74, 6) is 0.312. The lowest BCUT2D eigenvalue weighted by atomic mass is 10.1. The van der Waals surface area contributed by atoms with Gasteiger partial charge in [0.25, 0.3) is 0 Å². The van der Waals surface area contributed by atoms with Crippen molar-refractivity contribution in [2.24, 2.45) is 0 Å². The van der Waals surface area contributed by atoms with Gasteiger partial charge in [0.1, 0.15) is 5.75 Å². The summed E-state index contributed by atoms with van der Waals surface area (Å²) in [7, 11) is 0. The molecule has 20 heavy (non-hydrogen) atoms. The molecule has 0 unspecified atom stereocenters. The van der Waals surface area contributed by atoms with Gasteiger partial charge < -0.3 is 14.6 Å². The first-order chi connectivity index (χ1) is 9.72. The summed E-state index contributed by atoms with van der Waals surface area (Å²) in [6, 6.07) is 5.41.